The first-order valence-electron chi connectivity index (χ1n) is 5.33. The molecule has 0 aliphatic rings. The van der Waals surface area contributed by atoms with E-state index in [0.717, 1.165) is 0 Å². The molecule has 2 N–H and O–H groups in total. The summed E-state index contributed by atoms with van der Waals surface area (Å²) in [6.07, 6.45) is 0.321. The van der Waals surface area contributed by atoms with E-state index in [1.165, 1.54) is 0 Å². The summed E-state index contributed by atoms with van der Waals surface area (Å²) < 4.78 is 5.18. The van der Waals surface area contributed by atoms with Crippen LogP contribution in [0.15, 0.2) is 0 Å². The van der Waals surface area contributed by atoms with Crippen LogP contribution in [0.4, 0.5) is 0 Å². The van der Waals surface area contributed by atoms with Crippen molar-refractivity contribution in [2.24, 2.45) is 0 Å². The molecule has 15 heavy (non-hydrogen) atoms. The lowest BCUT2D eigenvalue weighted by atomic mass is 10.1. The number of carbonyl (C=O) groups is 1. The zero-order valence-electron chi connectivity index (χ0n) is 10.3. The van der Waals surface area contributed by atoms with Crippen LogP contribution in [0.5, 0.6) is 0 Å². The number of aliphatic hydroxyl groups is 1. The van der Waals surface area contributed by atoms with Crippen molar-refractivity contribution < 1.29 is 14.6 Å². The van der Waals surface area contributed by atoms with Crippen molar-refractivity contribution in [3.05, 3.63) is 0 Å². The van der Waals surface area contributed by atoms with Gasteiger partial charge in [-0.1, -0.05) is 0 Å². The molecule has 1 unspecified atom stereocenters. The molecule has 0 radical (unpaired) electrons. The van der Waals surface area contributed by atoms with Crippen molar-refractivity contribution in [1.82, 2.24) is 5.32 Å². The van der Waals surface area contributed by atoms with Gasteiger partial charge in [0.05, 0.1) is 13.0 Å². The van der Waals surface area contributed by atoms with Crippen LogP contribution in [-0.2, 0) is 9.53 Å². The van der Waals surface area contributed by atoms with Crippen molar-refractivity contribution in [3.8, 4) is 0 Å². The maximum absolute atomic E-state index is 11.4. The van der Waals surface area contributed by atoms with Gasteiger partial charge in [0, 0.05) is 12.1 Å². The van der Waals surface area contributed by atoms with Gasteiger partial charge in [-0.05, 0) is 34.6 Å². The third kappa shape index (κ3) is 8.39. The first kappa shape index (κ1) is 14.4. The number of carbonyl (C=O) groups excluding carboxylic acids is 1. The summed E-state index contributed by atoms with van der Waals surface area (Å²) in [5.41, 5.74) is -0.431. The second-order valence-electron chi connectivity index (χ2n) is 4.94. The molecule has 2 atom stereocenters. The smallest absolute Gasteiger partial charge is 0.307 e. The van der Waals surface area contributed by atoms with Crippen LogP contribution in [0.2, 0.25) is 0 Å². The molecule has 0 saturated carbocycles. The van der Waals surface area contributed by atoms with Gasteiger partial charge in [-0.3, -0.25) is 4.79 Å². The fourth-order valence-electron chi connectivity index (χ4n) is 1.23. The van der Waals surface area contributed by atoms with Crippen molar-refractivity contribution in [2.75, 3.05) is 6.61 Å². The number of nitrogens with one attached hydrogen (secondary N) is 1. The molecule has 0 heterocycles. The van der Waals surface area contributed by atoms with Crippen molar-refractivity contribution in [3.63, 3.8) is 0 Å². The zero-order valence-corrected chi connectivity index (χ0v) is 10.3. The van der Waals surface area contributed by atoms with Crippen molar-refractivity contribution >= 4 is 5.97 Å². The minimum atomic E-state index is -0.431. The van der Waals surface area contributed by atoms with Crippen molar-refractivity contribution in [1.29, 1.82) is 0 Å². The first-order chi connectivity index (χ1) is 6.74. The number of rotatable bonds is 5. The third-order valence-corrected chi connectivity index (χ3v) is 1.74. The van der Waals surface area contributed by atoms with E-state index in [1.54, 1.807) is 0 Å². The molecule has 0 rings (SSSR count). The Bertz CT molecular complexity index is 198. The summed E-state index contributed by atoms with van der Waals surface area (Å²) in [4.78, 5) is 11.4. The number of hydrogen-bond donors (Lipinski definition) is 2. The van der Waals surface area contributed by atoms with E-state index in [0.29, 0.717) is 6.42 Å². The van der Waals surface area contributed by atoms with Crippen LogP contribution in [0.1, 0.15) is 41.0 Å². The molecule has 0 amide bonds. The lowest BCUT2D eigenvalue weighted by Crippen LogP contribution is -2.39. The van der Waals surface area contributed by atoms with E-state index in [1.807, 2.05) is 34.6 Å². The molecule has 90 valence electrons. The fraction of sp³-hybridized carbons (Fsp3) is 0.909. The molecule has 4 nitrogen and oxygen atoms in total. The highest BCUT2D eigenvalue weighted by atomic mass is 16.6. The van der Waals surface area contributed by atoms with Crippen LogP contribution < -0.4 is 5.32 Å². The highest BCUT2D eigenvalue weighted by Gasteiger charge is 2.18. The number of esters is 1. The van der Waals surface area contributed by atoms with Gasteiger partial charge in [0.15, 0.2) is 0 Å². The Balaban J connectivity index is 3.87. The predicted molar refractivity (Wildman–Crippen MR) is 59.6 cm³/mol. The van der Waals surface area contributed by atoms with Gasteiger partial charge in [-0.15, -0.1) is 0 Å². The molecule has 4 heteroatoms. The van der Waals surface area contributed by atoms with Gasteiger partial charge in [-0.25, -0.2) is 0 Å². The summed E-state index contributed by atoms with van der Waals surface area (Å²) >= 11 is 0. The number of aliphatic hydroxyl groups excluding tert-OH is 1. The minimum Gasteiger partial charge on any atom is -0.460 e. The Kier molecular flexibility index (Phi) is 5.83. The van der Waals surface area contributed by atoms with Crippen LogP contribution in [-0.4, -0.2) is 35.4 Å². The Morgan fingerprint density at radius 1 is 1.33 bits per heavy atom. The Morgan fingerprint density at radius 3 is 2.27 bits per heavy atom. The quantitative estimate of drug-likeness (QED) is 0.676. The molecular formula is C11H23NO3. The molecule has 0 aromatic heterocycles. The summed E-state index contributed by atoms with van der Waals surface area (Å²) in [5.74, 6) is -0.215. The molecule has 0 aliphatic heterocycles. The third-order valence-electron chi connectivity index (χ3n) is 1.74. The average Bonchev–Trinajstić information content (AvgIpc) is 1.99. The molecule has 0 aromatic carbocycles. The minimum absolute atomic E-state index is 0.00226. The van der Waals surface area contributed by atoms with Gasteiger partial charge < -0.3 is 15.2 Å². The first-order valence-corrected chi connectivity index (χ1v) is 5.33. The molecule has 0 aliphatic carbocycles. The van der Waals surface area contributed by atoms with Crippen LogP contribution in [0, 0.1) is 0 Å². The topological polar surface area (TPSA) is 58.6 Å². The predicted octanol–water partition coefficient (Wildman–Crippen LogP) is 1.08. The van der Waals surface area contributed by atoms with E-state index in [9.17, 15) is 4.79 Å². The second-order valence-corrected chi connectivity index (χ2v) is 4.94. The lowest BCUT2D eigenvalue weighted by Gasteiger charge is -2.22. The highest BCUT2D eigenvalue weighted by molar-refractivity contribution is 5.70. The summed E-state index contributed by atoms with van der Waals surface area (Å²) in [6, 6.07) is 0.0180. The number of ether oxygens (including phenoxy) is 1. The van der Waals surface area contributed by atoms with Crippen LogP contribution in [0.25, 0.3) is 0 Å². The largest absolute Gasteiger partial charge is 0.460 e. The Labute approximate surface area is 92.0 Å². The van der Waals surface area contributed by atoms with Gasteiger partial charge in [0.1, 0.15) is 5.60 Å². The van der Waals surface area contributed by atoms with Gasteiger partial charge in [0.2, 0.25) is 0 Å². The summed E-state index contributed by atoms with van der Waals surface area (Å²) in [7, 11) is 0. The van der Waals surface area contributed by atoms with Gasteiger partial charge in [0.25, 0.3) is 0 Å². The molecule has 0 bridgehead atoms. The standard InChI is InChI=1S/C11H23NO3/c1-8(12-9(2)7-13)6-10(14)15-11(3,4)5/h8-9,12-13H,6-7H2,1-5H3/t8?,9-/m1/s1. The fourth-order valence-corrected chi connectivity index (χ4v) is 1.23. The monoisotopic (exact) mass is 217 g/mol. The van der Waals surface area contributed by atoms with Gasteiger partial charge >= 0.3 is 5.97 Å². The maximum atomic E-state index is 11.4. The van der Waals surface area contributed by atoms with Crippen LogP contribution in [0.3, 0.4) is 0 Å². The molecule has 0 spiro atoms. The summed E-state index contributed by atoms with van der Waals surface area (Å²) in [5, 5.41) is 11.9. The van der Waals surface area contributed by atoms with E-state index in [2.05, 4.69) is 5.32 Å². The average molecular weight is 217 g/mol. The Morgan fingerprint density at radius 2 is 1.87 bits per heavy atom. The molecule has 0 saturated heterocycles. The summed E-state index contributed by atoms with van der Waals surface area (Å²) in [6.45, 7) is 9.37. The molecule has 0 fully saturated rings. The number of hydrogen-bond acceptors (Lipinski definition) is 4. The highest BCUT2D eigenvalue weighted by Crippen LogP contribution is 2.09. The Hall–Kier alpha value is -0.610. The van der Waals surface area contributed by atoms with E-state index in [-0.39, 0.29) is 24.7 Å². The normalized spacial score (nSPS) is 15.9. The lowest BCUT2D eigenvalue weighted by molar-refractivity contribution is -0.155. The molecular weight excluding hydrogens is 194 g/mol. The van der Waals surface area contributed by atoms with E-state index >= 15 is 0 Å². The second kappa shape index (κ2) is 6.08. The van der Waals surface area contributed by atoms with Crippen molar-refractivity contribution in [2.45, 2.75) is 58.7 Å². The molecule has 0 aromatic rings. The van der Waals surface area contributed by atoms with Crippen LogP contribution >= 0.6 is 0 Å². The zero-order chi connectivity index (χ0) is 12.1. The van der Waals surface area contributed by atoms with Gasteiger partial charge in [-0.2, -0.15) is 0 Å². The van der Waals surface area contributed by atoms with E-state index in [4.69, 9.17) is 9.84 Å². The van der Waals surface area contributed by atoms with E-state index < -0.39 is 5.60 Å². The maximum Gasteiger partial charge on any atom is 0.307 e. The SMILES string of the molecule is CC(CC(=O)OC(C)(C)C)N[C@H](C)CO.